The Morgan fingerprint density at radius 1 is 0.893 bits per heavy atom. The summed E-state index contributed by atoms with van der Waals surface area (Å²) in [7, 11) is 2.11. The molecule has 4 rings (SSSR count). The van der Waals surface area contributed by atoms with Crippen molar-refractivity contribution in [3.05, 3.63) is 11.6 Å². The van der Waals surface area contributed by atoms with Gasteiger partial charge in [0.05, 0.1) is 13.1 Å². The first-order valence-electron chi connectivity index (χ1n) is 11.3. The van der Waals surface area contributed by atoms with Crippen LogP contribution in [0.2, 0.25) is 0 Å². The van der Waals surface area contributed by atoms with Crippen molar-refractivity contribution in [3.63, 3.8) is 0 Å². The molecule has 0 aromatic carbocycles. The van der Waals surface area contributed by atoms with Crippen molar-refractivity contribution in [2.24, 2.45) is 7.05 Å². The summed E-state index contributed by atoms with van der Waals surface area (Å²) in [5.74, 6) is 2.88. The van der Waals surface area contributed by atoms with Gasteiger partial charge in [-0.15, -0.1) is 10.2 Å². The Bertz CT molecular complexity index is 645. The largest absolute Gasteiger partial charge is 0.342 e. The fourth-order valence-corrected chi connectivity index (χ4v) is 5.03. The van der Waals surface area contributed by atoms with Crippen LogP contribution in [0, 0.1) is 0 Å². The number of piperidine rings is 1. The lowest BCUT2D eigenvalue weighted by Gasteiger charge is -2.33. The van der Waals surface area contributed by atoms with Gasteiger partial charge in [0.15, 0.2) is 0 Å². The third-order valence-electron chi connectivity index (χ3n) is 6.75. The molecule has 0 N–H and O–H groups in total. The van der Waals surface area contributed by atoms with Gasteiger partial charge in [0, 0.05) is 32.6 Å². The minimum atomic E-state index is 0.315. The van der Waals surface area contributed by atoms with Crippen LogP contribution in [0.4, 0.5) is 0 Å². The van der Waals surface area contributed by atoms with Crippen LogP contribution in [0.5, 0.6) is 0 Å². The zero-order valence-corrected chi connectivity index (χ0v) is 17.5. The molecule has 3 fully saturated rings. The van der Waals surface area contributed by atoms with E-state index >= 15 is 0 Å². The molecular formula is C21H36N6O. The van der Waals surface area contributed by atoms with Crippen LogP contribution in [0.1, 0.15) is 68.9 Å². The van der Waals surface area contributed by atoms with Crippen LogP contribution < -0.4 is 0 Å². The molecule has 1 aromatic heterocycles. The number of hydrogen-bond donors (Lipinski definition) is 0. The molecule has 7 heteroatoms. The van der Waals surface area contributed by atoms with Gasteiger partial charge in [-0.1, -0.05) is 12.8 Å². The second-order valence-corrected chi connectivity index (χ2v) is 8.89. The summed E-state index contributed by atoms with van der Waals surface area (Å²) in [6, 6.07) is 0. The van der Waals surface area contributed by atoms with Gasteiger partial charge in [-0.3, -0.25) is 14.6 Å². The van der Waals surface area contributed by atoms with Crippen molar-refractivity contribution < 1.29 is 4.79 Å². The van der Waals surface area contributed by atoms with Gasteiger partial charge in [0.25, 0.3) is 0 Å². The molecule has 4 heterocycles. The number of carbonyl (C=O) groups is 1. The highest BCUT2D eigenvalue weighted by Gasteiger charge is 2.28. The van der Waals surface area contributed by atoms with Gasteiger partial charge in [-0.25, -0.2) is 0 Å². The summed E-state index contributed by atoms with van der Waals surface area (Å²) < 4.78 is 2.21. The molecule has 3 aliphatic heterocycles. The Balaban J connectivity index is 1.34. The molecule has 156 valence electrons. The van der Waals surface area contributed by atoms with E-state index in [-0.39, 0.29) is 0 Å². The summed E-state index contributed by atoms with van der Waals surface area (Å²) in [4.78, 5) is 19.7. The van der Waals surface area contributed by atoms with Crippen molar-refractivity contribution in [1.82, 2.24) is 29.5 Å². The van der Waals surface area contributed by atoms with E-state index in [1.54, 1.807) is 0 Å². The first kappa shape index (κ1) is 19.8. The van der Waals surface area contributed by atoms with Crippen LogP contribution >= 0.6 is 0 Å². The number of rotatable bonds is 5. The minimum Gasteiger partial charge on any atom is -0.342 e. The minimum absolute atomic E-state index is 0.315. The fourth-order valence-electron chi connectivity index (χ4n) is 5.03. The van der Waals surface area contributed by atoms with Gasteiger partial charge in [0.1, 0.15) is 11.6 Å². The highest BCUT2D eigenvalue weighted by atomic mass is 16.2. The molecule has 0 spiro atoms. The summed E-state index contributed by atoms with van der Waals surface area (Å²) in [5.41, 5.74) is 0. The third kappa shape index (κ3) is 4.74. The molecule has 0 unspecified atom stereocenters. The molecule has 0 bridgehead atoms. The third-order valence-corrected chi connectivity index (χ3v) is 6.75. The average Bonchev–Trinajstić information content (AvgIpc) is 3.24. The highest BCUT2D eigenvalue weighted by molar-refractivity contribution is 5.78. The number of carbonyl (C=O) groups excluding carboxylic acids is 1. The summed E-state index contributed by atoms with van der Waals surface area (Å²) >= 11 is 0. The molecule has 0 saturated carbocycles. The van der Waals surface area contributed by atoms with E-state index in [1.165, 1.54) is 38.8 Å². The lowest BCUT2D eigenvalue weighted by molar-refractivity contribution is -0.132. The van der Waals surface area contributed by atoms with Gasteiger partial charge >= 0.3 is 0 Å². The van der Waals surface area contributed by atoms with Crippen molar-refractivity contribution in [1.29, 1.82) is 0 Å². The Hall–Kier alpha value is -1.47. The van der Waals surface area contributed by atoms with E-state index in [1.807, 2.05) is 0 Å². The van der Waals surface area contributed by atoms with Gasteiger partial charge in [-0.05, 0) is 58.2 Å². The number of amides is 1. The van der Waals surface area contributed by atoms with Gasteiger partial charge in [-0.2, -0.15) is 0 Å². The van der Waals surface area contributed by atoms with Gasteiger partial charge < -0.3 is 9.47 Å². The number of likely N-dealkylation sites (tertiary alicyclic amines) is 3. The van der Waals surface area contributed by atoms with Gasteiger partial charge in [0.2, 0.25) is 5.91 Å². The second kappa shape index (κ2) is 9.35. The number of nitrogens with zero attached hydrogens (tertiary/aromatic N) is 6. The molecule has 28 heavy (non-hydrogen) atoms. The first-order valence-corrected chi connectivity index (χ1v) is 11.3. The van der Waals surface area contributed by atoms with Crippen LogP contribution in [-0.2, 0) is 18.4 Å². The Kier molecular flexibility index (Phi) is 6.62. The molecule has 3 aliphatic rings. The molecule has 0 aliphatic carbocycles. The topological polar surface area (TPSA) is 57.5 Å². The van der Waals surface area contributed by atoms with Crippen molar-refractivity contribution in [2.45, 2.75) is 63.8 Å². The number of hydrogen-bond acceptors (Lipinski definition) is 5. The van der Waals surface area contributed by atoms with Crippen LogP contribution in [-0.4, -0.2) is 81.2 Å². The predicted octanol–water partition coefficient (Wildman–Crippen LogP) is 1.99. The lowest BCUT2D eigenvalue weighted by atomic mass is 9.97. The highest BCUT2D eigenvalue weighted by Crippen LogP contribution is 2.26. The smallest absolute Gasteiger partial charge is 0.236 e. The quantitative estimate of drug-likeness (QED) is 0.772. The zero-order chi connectivity index (χ0) is 19.3. The normalized spacial score (nSPS) is 25.2. The Morgan fingerprint density at radius 2 is 1.57 bits per heavy atom. The first-order chi connectivity index (χ1) is 13.7. The van der Waals surface area contributed by atoms with Crippen molar-refractivity contribution in [2.75, 3.05) is 45.8 Å². The Labute approximate surface area is 169 Å². The van der Waals surface area contributed by atoms with E-state index < -0.39 is 0 Å². The Morgan fingerprint density at radius 3 is 2.32 bits per heavy atom. The zero-order valence-electron chi connectivity index (χ0n) is 17.5. The summed E-state index contributed by atoms with van der Waals surface area (Å²) in [6.07, 6.45) is 9.72. The van der Waals surface area contributed by atoms with E-state index in [9.17, 15) is 4.79 Å². The number of aromatic nitrogens is 3. The van der Waals surface area contributed by atoms with Crippen LogP contribution in [0.15, 0.2) is 0 Å². The summed E-state index contributed by atoms with van der Waals surface area (Å²) in [6.45, 7) is 7.67. The van der Waals surface area contributed by atoms with Crippen LogP contribution in [0.25, 0.3) is 0 Å². The fraction of sp³-hybridized carbons (Fsp3) is 0.857. The maximum atomic E-state index is 12.8. The van der Waals surface area contributed by atoms with Crippen LogP contribution in [0.3, 0.4) is 0 Å². The maximum Gasteiger partial charge on any atom is 0.236 e. The van der Waals surface area contributed by atoms with E-state index in [2.05, 4.69) is 36.5 Å². The molecular weight excluding hydrogens is 352 g/mol. The monoisotopic (exact) mass is 388 g/mol. The molecule has 1 amide bonds. The standard InChI is InChI=1S/C21H36N6O/c1-24-19(16-25-10-6-7-11-25)22-23-21(24)18-9-8-12-26(15-18)17-20(28)27-13-4-2-3-5-14-27/h18H,2-17H2,1H3/t18-/m0/s1. The van der Waals surface area contributed by atoms with Crippen molar-refractivity contribution in [3.8, 4) is 0 Å². The van der Waals surface area contributed by atoms with E-state index in [0.717, 1.165) is 70.1 Å². The second-order valence-electron chi connectivity index (χ2n) is 8.89. The molecule has 7 nitrogen and oxygen atoms in total. The molecule has 1 atom stereocenters. The van der Waals surface area contributed by atoms with E-state index in [0.29, 0.717) is 18.4 Å². The van der Waals surface area contributed by atoms with Crippen molar-refractivity contribution >= 4 is 5.91 Å². The maximum absolute atomic E-state index is 12.8. The molecule has 3 saturated heterocycles. The van der Waals surface area contributed by atoms with E-state index in [4.69, 9.17) is 0 Å². The molecule has 0 radical (unpaired) electrons. The average molecular weight is 389 g/mol. The summed E-state index contributed by atoms with van der Waals surface area (Å²) in [5, 5.41) is 9.06. The predicted molar refractivity (Wildman–Crippen MR) is 109 cm³/mol. The SMILES string of the molecule is Cn1c(CN2CCCC2)nnc1[C@H]1CCCN(CC(=O)N2CCCCCC2)C1. The molecule has 1 aromatic rings. The lowest BCUT2D eigenvalue weighted by Crippen LogP contribution is -2.44.